The molecule has 1 fully saturated rings. The number of carboxylic acid groups (broad SMARTS) is 1. The molecule has 2 aromatic carbocycles. The number of likely N-dealkylation sites (tertiary alicyclic amines) is 1. The molecule has 0 radical (unpaired) electrons. The maximum Gasteiger partial charge on any atom is 0.303 e. The van der Waals surface area contributed by atoms with Crippen LogP contribution in [0.2, 0.25) is 0 Å². The number of aliphatic hydroxyl groups is 1. The number of aromatic nitrogens is 1. The van der Waals surface area contributed by atoms with Gasteiger partial charge in [-0.3, -0.25) is 9.78 Å². The van der Waals surface area contributed by atoms with Crippen LogP contribution in [0.4, 0.5) is 0 Å². The van der Waals surface area contributed by atoms with Crippen molar-refractivity contribution in [1.82, 2.24) is 9.88 Å². The summed E-state index contributed by atoms with van der Waals surface area (Å²) in [6.45, 7) is 2.64. The third kappa shape index (κ3) is 7.37. The summed E-state index contributed by atoms with van der Waals surface area (Å²) in [5.41, 5.74) is 1.66. The number of thioether (sulfide) groups is 1. The van der Waals surface area contributed by atoms with Gasteiger partial charge in [0, 0.05) is 41.7 Å². The van der Waals surface area contributed by atoms with E-state index in [9.17, 15) is 15.0 Å². The molecule has 1 aliphatic rings. The lowest BCUT2D eigenvalue weighted by molar-refractivity contribution is -0.139. The third-order valence-electron chi connectivity index (χ3n) is 7.28. The van der Waals surface area contributed by atoms with Gasteiger partial charge in [0.25, 0.3) is 0 Å². The fraction of sp³-hybridized carbons (Fsp3) is 0.448. The van der Waals surface area contributed by atoms with Crippen molar-refractivity contribution in [2.45, 2.75) is 36.7 Å². The molecular weight excluding hydrogens is 488 g/mol. The van der Waals surface area contributed by atoms with Gasteiger partial charge in [-0.05, 0) is 85.7 Å². The second kappa shape index (κ2) is 13.1. The van der Waals surface area contributed by atoms with Crippen LogP contribution in [0.1, 0.15) is 37.4 Å². The Morgan fingerprint density at radius 3 is 2.73 bits per heavy atom. The minimum absolute atomic E-state index is 0.0783. The SMILES string of the molecule is COc1cccc(SCCN2CC[C@@H](CCC(O)c3ccnc4ccc(OC)cc34)[C@@H](CC(=O)O)C2)c1. The monoisotopic (exact) mass is 524 g/mol. The zero-order valence-electron chi connectivity index (χ0n) is 21.5. The van der Waals surface area contributed by atoms with Gasteiger partial charge in [0.1, 0.15) is 11.5 Å². The standard InChI is InChI=1S/C29H36N2O5S/c1-35-22-4-3-5-24(17-22)37-15-14-31-13-11-20(21(19-31)16-29(33)34)6-9-28(32)25-10-12-30-27-8-7-23(36-2)18-26(25)27/h3-5,7-8,10,12,17-18,20-21,28,32H,6,9,11,13-16,19H2,1-2H3,(H,33,34)/t20-,21+,28?/m1/s1. The van der Waals surface area contributed by atoms with Crippen molar-refractivity contribution in [2.24, 2.45) is 11.8 Å². The lowest BCUT2D eigenvalue weighted by atomic mass is 9.79. The Bertz CT molecular complexity index is 1190. The van der Waals surface area contributed by atoms with Crippen molar-refractivity contribution < 1.29 is 24.5 Å². The molecule has 7 nitrogen and oxygen atoms in total. The Labute approximate surface area is 222 Å². The van der Waals surface area contributed by atoms with E-state index in [0.717, 1.165) is 66.2 Å². The average molecular weight is 525 g/mol. The second-order valence-corrected chi connectivity index (χ2v) is 10.8. The first-order chi connectivity index (χ1) is 18.0. The summed E-state index contributed by atoms with van der Waals surface area (Å²) in [5, 5.41) is 21.5. The van der Waals surface area contributed by atoms with Gasteiger partial charge in [-0.25, -0.2) is 0 Å². The highest BCUT2D eigenvalue weighted by molar-refractivity contribution is 7.99. The number of aliphatic hydroxyl groups excluding tert-OH is 1. The zero-order valence-corrected chi connectivity index (χ0v) is 22.3. The Balaban J connectivity index is 1.34. The van der Waals surface area contributed by atoms with Crippen molar-refractivity contribution in [3.63, 3.8) is 0 Å². The normalized spacial score (nSPS) is 19.0. The van der Waals surface area contributed by atoms with E-state index >= 15 is 0 Å². The quantitative estimate of drug-likeness (QED) is 0.310. The highest BCUT2D eigenvalue weighted by atomic mass is 32.2. The van der Waals surface area contributed by atoms with Gasteiger partial charge in [-0.1, -0.05) is 6.07 Å². The van der Waals surface area contributed by atoms with E-state index in [2.05, 4.69) is 16.0 Å². The smallest absolute Gasteiger partial charge is 0.303 e. The maximum atomic E-state index is 11.6. The first-order valence-electron chi connectivity index (χ1n) is 12.8. The molecule has 2 N–H and O–H groups in total. The summed E-state index contributed by atoms with van der Waals surface area (Å²) in [7, 11) is 3.30. The minimum Gasteiger partial charge on any atom is -0.497 e. The van der Waals surface area contributed by atoms with Gasteiger partial charge >= 0.3 is 5.97 Å². The van der Waals surface area contributed by atoms with Crippen LogP contribution >= 0.6 is 11.8 Å². The van der Waals surface area contributed by atoms with E-state index < -0.39 is 12.1 Å². The highest BCUT2D eigenvalue weighted by Gasteiger charge is 2.31. The molecule has 0 amide bonds. The van der Waals surface area contributed by atoms with Crippen molar-refractivity contribution in [1.29, 1.82) is 0 Å². The summed E-state index contributed by atoms with van der Waals surface area (Å²) >= 11 is 1.79. The van der Waals surface area contributed by atoms with Gasteiger partial charge < -0.3 is 24.6 Å². The van der Waals surface area contributed by atoms with Crippen LogP contribution in [0.3, 0.4) is 0 Å². The average Bonchev–Trinajstić information content (AvgIpc) is 2.91. The van der Waals surface area contributed by atoms with Crippen molar-refractivity contribution in [3.8, 4) is 11.5 Å². The lowest BCUT2D eigenvalue weighted by Crippen LogP contribution is -2.42. The first kappa shape index (κ1) is 27.2. The van der Waals surface area contributed by atoms with Crippen molar-refractivity contribution >= 4 is 28.6 Å². The Morgan fingerprint density at radius 1 is 1.14 bits per heavy atom. The zero-order chi connectivity index (χ0) is 26.2. The Hall–Kier alpha value is -2.81. The number of aliphatic carboxylic acids is 1. The van der Waals surface area contributed by atoms with Crippen LogP contribution in [-0.2, 0) is 4.79 Å². The fourth-order valence-electron chi connectivity index (χ4n) is 5.27. The van der Waals surface area contributed by atoms with E-state index in [1.165, 1.54) is 4.90 Å². The molecule has 0 saturated carbocycles. The molecule has 0 aliphatic carbocycles. The Morgan fingerprint density at radius 2 is 1.95 bits per heavy atom. The number of hydrogen-bond donors (Lipinski definition) is 2. The van der Waals surface area contributed by atoms with Crippen LogP contribution in [0.25, 0.3) is 10.9 Å². The predicted molar refractivity (Wildman–Crippen MR) is 146 cm³/mol. The van der Waals surface area contributed by atoms with E-state index in [4.69, 9.17) is 9.47 Å². The molecule has 37 heavy (non-hydrogen) atoms. The highest BCUT2D eigenvalue weighted by Crippen LogP contribution is 2.35. The molecule has 8 heteroatoms. The van der Waals surface area contributed by atoms with Gasteiger partial charge in [0.2, 0.25) is 0 Å². The minimum atomic E-state index is -0.754. The van der Waals surface area contributed by atoms with Crippen LogP contribution in [0, 0.1) is 11.8 Å². The molecule has 1 aromatic heterocycles. The van der Waals surface area contributed by atoms with Crippen LogP contribution in [-0.4, -0.2) is 65.7 Å². The van der Waals surface area contributed by atoms with Gasteiger partial charge in [-0.2, -0.15) is 0 Å². The summed E-state index contributed by atoms with van der Waals surface area (Å²) in [4.78, 5) is 19.6. The Kier molecular flexibility index (Phi) is 9.66. The van der Waals surface area contributed by atoms with Gasteiger partial charge in [0.15, 0.2) is 0 Å². The number of rotatable bonds is 12. The molecule has 0 spiro atoms. The number of nitrogens with zero attached hydrogens (tertiary/aromatic N) is 2. The molecule has 1 saturated heterocycles. The van der Waals surface area contributed by atoms with E-state index in [0.29, 0.717) is 6.42 Å². The number of carboxylic acids is 1. The summed E-state index contributed by atoms with van der Waals surface area (Å²) in [6, 6.07) is 15.6. The molecule has 198 valence electrons. The van der Waals surface area contributed by atoms with Crippen molar-refractivity contribution in [3.05, 3.63) is 60.3 Å². The molecule has 4 rings (SSSR count). The molecule has 2 heterocycles. The lowest BCUT2D eigenvalue weighted by Gasteiger charge is -2.38. The molecule has 1 unspecified atom stereocenters. The predicted octanol–water partition coefficient (Wildman–Crippen LogP) is 5.27. The van der Waals surface area contributed by atoms with E-state index in [-0.39, 0.29) is 18.3 Å². The molecular formula is C29H36N2O5S. The molecule has 1 aliphatic heterocycles. The summed E-state index contributed by atoms with van der Waals surface area (Å²) < 4.78 is 10.7. The first-order valence-corrected chi connectivity index (χ1v) is 13.8. The third-order valence-corrected chi connectivity index (χ3v) is 8.26. The second-order valence-electron chi connectivity index (χ2n) is 9.61. The number of methoxy groups -OCH3 is 2. The fourth-order valence-corrected chi connectivity index (χ4v) is 6.23. The van der Waals surface area contributed by atoms with Gasteiger partial charge in [0.05, 0.1) is 25.8 Å². The molecule has 3 atom stereocenters. The summed E-state index contributed by atoms with van der Waals surface area (Å²) in [6.07, 6.45) is 3.57. The maximum absolute atomic E-state index is 11.6. The van der Waals surface area contributed by atoms with Crippen LogP contribution in [0.5, 0.6) is 11.5 Å². The topological polar surface area (TPSA) is 92.1 Å². The van der Waals surface area contributed by atoms with Crippen LogP contribution in [0.15, 0.2) is 59.6 Å². The van der Waals surface area contributed by atoms with Crippen molar-refractivity contribution in [2.75, 3.05) is 39.6 Å². The number of pyridine rings is 1. The van der Waals surface area contributed by atoms with Gasteiger partial charge in [-0.15, -0.1) is 11.8 Å². The number of piperidine rings is 1. The number of ether oxygens (including phenoxy) is 2. The molecule has 3 aromatic rings. The number of benzene rings is 2. The number of hydrogen-bond acceptors (Lipinski definition) is 7. The molecule has 0 bridgehead atoms. The number of carbonyl (C=O) groups is 1. The van der Waals surface area contributed by atoms with Crippen LogP contribution < -0.4 is 9.47 Å². The summed E-state index contributed by atoms with van der Waals surface area (Å²) in [5.74, 6) is 2.12. The largest absolute Gasteiger partial charge is 0.497 e. The number of fused-ring (bicyclic) bond motifs is 1. The van der Waals surface area contributed by atoms with E-state index in [1.807, 2.05) is 42.5 Å². The van der Waals surface area contributed by atoms with E-state index in [1.54, 1.807) is 32.2 Å².